The molecule has 1 aromatic rings. The van der Waals surface area contributed by atoms with E-state index in [2.05, 4.69) is 11.6 Å². The lowest BCUT2D eigenvalue weighted by Gasteiger charge is -2.24. The molecule has 0 bridgehead atoms. The van der Waals surface area contributed by atoms with E-state index in [0.717, 1.165) is 30.7 Å². The first-order valence-electron chi connectivity index (χ1n) is 6.49. The summed E-state index contributed by atoms with van der Waals surface area (Å²) in [5.41, 5.74) is 1.06. The van der Waals surface area contributed by atoms with E-state index in [-0.39, 0.29) is 12.1 Å². The van der Waals surface area contributed by atoms with E-state index in [4.69, 9.17) is 11.6 Å². The van der Waals surface area contributed by atoms with Crippen molar-refractivity contribution >= 4 is 29.3 Å². The lowest BCUT2D eigenvalue weighted by atomic mass is 10.1. The molecule has 0 radical (unpaired) electrons. The molecule has 1 fully saturated rings. The van der Waals surface area contributed by atoms with Gasteiger partial charge in [-0.1, -0.05) is 23.7 Å². The molecule has 1 aromatic carbocycles. The fourth-order valence-corrected chi connectivity index (χ4v) is 2.99. The first-order chi connectivity index (χ1) is 9.22. The third-order valence-electron chi connectivity index (χ3n) is 3.24. The fraction of sp³-hybridized carbons (Fsp3) is 0.500. The Morgan fingerprint density at radius 3 is 3.05 bits per heavy atom. The summed E-state index contributed by atoms with van der Waals surface area (Å²) in [6, 6.07) is 7.71. The van der Waals surface area contributed by atoms with Crippen LogP contribution in [-0.4, -0.2) is 35.9 Å². The Labute approximate surface area is 123 Å². The summed E-state index contributed by atoms with van der Waals surface area (Å²) in [5.74, 6) is 1.33. The van der Waals surface area contributed by atoms with Gasteiger partial charge in [-0.25, -0.2) is 0 Å². The summed E-state index contributed by atoms with van der Waals surface area (Å²) in [6.45, 7) is 1.23. The number of rotatable bonds is 6. The molecule has 0 aliphatic carbocycles. The van der Waals surface area contributed by atoms with Crippen LogP contribution in [0.2, 0.25) is 5.02 Å². The maximum Gasteiger partial charge on any atom is 0.238 e. The van der Waals surface area contributed by atoms with Crippen molar-refractivity contribution in [3.8, 4) is 0 Å². The number of carbonyl (C=O) groups excluding carboxylic acids is 1. The number of nitrogens with zero attached hydrogens (tertiary/aromatic N) is 1. The van der Waals surface area contributed by atoms with Crippen LogP contribution in [-0.2, 0) is 4.79 Å². The lowest BCUT2D eigenvalue weighted by Crippen LogP contribution is -2.31. The molecule has 0 aromatic heterocycles. The standard InChI is InChI=1S/C14H19ClN2OS/c1-19-8-3-2-7-17-13(18)10-16-14(17)11-5-4-6-12(15)9-11/h4-6,9,14,16H,2-3,7-8,10H2,1H3. The van der Waals surface area contributed by atoms with Gasteiger partial charge in [-0.15, -0.1) is 0 Å². The van der Waals surface area contributed by atoms with E-state index in [1.165, 1.54) is 0 Å². The third-order valence-corrected chi connectivity index (χ3v) is 4.17. The van der Waals surface area contributed by atoms with Crippen molar-refractivity contribution in [2.45, 2.75) is 19.0 Å². The minimum Gasteiger partial charge on any atom is -0.322 e. The summed E-state index contributed by atoms with van der Waals surface area (Å²) in [5, 5.41) is 3.96. The van der Waals surface area contributed by atoms with Crippen LogP contribution in [0.4, 0.5) is 0 Å². The van der Waals surface area contributed by atoms with Gasteiger partial charge < -0.3 is 4.90 Å². The van der Waals surface area contributed by atoms with Crippen molar-refractivity contribution in [2.24, 2.45) is 0 Å². The van der Waals surface area contributed by atoms with Gasteiger partial charge in [-0.2, -0.15) is 11.8 Å². The van der Waals surface area contributed by atoms with Crippen molar-refractivity contribution in [2.75, 3.05) is 25.1 Å². The highest BCUT2D eigenvalue weighted by Gasteiger charge is 2.30. The highest BCUT2D eigenvalue weighted by molar-refractivity contribution is 7.98. The second-order valence-corrected chi connectivity index (χ2v) is 6.05. The van der Waals surface area contributed by atoms with Crippen LogP contribution < -0.4 is 5.32 Å². The Balaban J connectivity index is 2.00. The number of halogens is 1. The van der Waals surface area contributed by atoms with E-state index in [9.17, 15) is 4.79 Å². The molecule has 1 saturated heterocycles. The second kappa shape index (κ2) is 7.17. The zero-order valence-corrected chi connectivity index (χ0v) is 12.6. The average Bonchev–Trinajstić information content (AvgIpc) is 2.76. The third kappa shape index (κ3) is 3.88. The summed E-state index contributed by atoms with van der Waals surface area (Å²) < 4.78 is 0. The van der Waals surface area contributed by atoms with Crippen LogP contribution >= 0.6 is 23.4 Å². The molecular formula is C14H19ClN2OS. The Hall–Kier alpha value is -0.710. The highest BCUT2D eigenvalue weighted by Crippen LogP contribution is 2.25. The van der Waals surface area contributed by atoms with Crippen molar-refractivity contribution in [3.63, 3.8) is 0 Å². The minimum absolute atomic E-state index is 0.0273. The van der Waals surface area contributed by atoms with Gasteiger partial charge in [0.15, 0.2) is 0 Å². The Bertz CT molecular complexity index is 441. The Kier molecular flexibility index (Phi) is 5.55. The molecule has 1 N–H and O–H groups in total. The predicted molar refractivity (Wildman–Crippen MR) is 81.5 cm³/mol. The summed E-state index contributed by atoms with van der Waals surface area (Å²) >= 11 is 7.87. The number of hydrogen-bond acceptors (Lipinski definition) is 3. The normalized spacial score (nSPS) is 19.2. The van der Waals surface area contributed by atoms with E-state index < -0.39 is 0 Å². The molecule has 104 valence electrons. The van der Waals surface area contributed by atoms with Crippen LogP contribution in [0.5, 0.6) is 0 Å². The van der Waals surface area contributed by atoms with Crippen LogP contribution in [0.25, 0.3) is 0 Å². The summed E-state index contributed by atoms with van der Waals surface area (Å²) in [7, 11) is 0. The molecular weight excluding hydrogens is 280 g/mol. The van der Waals surface area contributed by atoms with Gasteiger partial charge in [0.25, 0.3) is 0 Å². The molecule has 0 spiro atoms. The van der Waals surface area contributed by atoms with Gasteiger partial charge in [0.2, 0.25) is 5.91 Å². The molecule has 3 nitrogen and oxygen atoms in total. The molecule has 1 heterocycles. The predicted octanol–water partition coefficient (Wildman–Crippen LogP) is 2.91. The quantitative estimate of drug-likeness (QED) is 0.820. The minimum atomic E-state index is -0.0273. The number of unbranched alkanes of at least 4 members (excludes halogenated alkanes) is 1. The molecule has 1 unspecified atom stereocenters. The lowest BCUT2D eigenvalue weighted by molar-refractivity contribution is -0.128. The van der Waals surface area contributed by atoms with Gasteiger partial charge in [-0.05, 0) is 42.5 Å². The van der Waals surface area contributed by atoms with Crippen molar-refractivity contribution in [3.05, 3.63) is 34.9 Å². The number of thioether (sulfide) groups is 1. The van der Waals surface area contributed by atoms with Crippen LogP contribution in [0, 0.1) is 0 Å². The van der Waals surface area contributed by atoms with E-state index in [1.807, 2.05) is 40.9 Å². The van der Waals surface area contributed by atoms with Crippen molar-refractivity contribution in [1.82, 2.24) is 10.2 Å². The molecule has 2 rings (SSSR count). The van der Waals surface area contributed by atoms with Crippen molar-refractivity contribution < 1.29 is 4.79 Å². The zero-order chi connectivity index (χ0) is 13.7. The van der Waals surface area contributed by atoms with Crippen LogP contribution in [0.3, 0.4) is 0 Å². The number of amides is 1. The Morgan fingerprint density at radius 2 is 2.32 bits per heavy atom. The van der Waals surface area contributed by atoms with E-state index in [0.29, 0.717) is 11.6 Å². The maximum atomic E-state index is 11.9. The molecule has 5 heteroatoms. The molecule has 1 amide bonds. The number of benzene rings is 1. The molecule has 1 atom stereocenters. The Morgan fingerprint density at radius 1 is 1.47 bits per heavy atom. The average molecular weight is 299 g/mol. The van der Waals surface area contributed by atoms with Gasteiger partial charge in [-0.3, -0.25) is 10.1 Å². The highest BCUT2D eigenvalue weighted by atomic mass is 35.5. The number of carbonyl (C=O) groups is 1. The smallest absolute Gasteiger partial charge is 0.238 e. The zero-order valence-electron chi connectivity index (χ0n) is 11.1. The summed E-state index contributed by atoms with van der Waals surface area (Å²) in [4.78, 5) is 13.9. The fourth-order valence-electron chi connectivity index (χ4n) is 2.30. The first-order valence-corrected chi connectivity index (χ1v) is 8.27. The second-order valence-electron chi connectivity index (χ2n) is 4.63. The summed E-state index contributed by atoms with van der Waals surface area (Å²) in [6.07, 6.45) is 4.27. The van der Waals surface area contributed by atoms with Crippen molar-refractivity contribution in [1.29, 1.82) is 0 Å². The molecule has 1 aliphatic heterocycles. The van der Waals surface area contributed by atoms with Gasteiger partial charge in [0, 0.05) is 11.6 Å². The molecule has 0 saturated carbocycles. The maximum absolute atomic E-state index is 11.9. The largest absolute Gasteiger partial charge is 0.322 e. The number of nitrogens with one attached hydrogen (secondary N) is 1. The monoisotopic (exact) mass is 298 g/mol. The van der Waals surface area contributed by atoms with Gasteiger partial charge >= 0.3 is 0 Å². The van der Waals surface area contributed by atoms with Crippen LogP contribution in [0.15, 0.2) is 24.3 Å². The van der Waals surface area contributed by atoms with Gasteiger partial charge in [0.1, 0.15) is 6.17 Å². The number of hydrogen-bond donors (Lipinski definition) is 1. The first kappa shape index (κ1) is 14.7. The van der Waals surface area contributed by atoms with Gasteiger partial charge in [0.05, 0.1) is 6.54 Å². The SMILES string of the molecule is CSCCCCN1C(=O)CNC1c1cccc(Cl)c1. The van der Waals surface area contributed by atoms with Crippen LogP contribution in [0.1, 0.15) is 24.6 Å². The molecule has 19 heavy (non-hydrogen) atoms. The molecule has 1 aliphatic rings. The topological polar surface area (TPSA) is 32.3 Å². The van der Waals surface area contributed by atoms with E-state index >= 15 is 0 Å². The van der Waals surface area contributed by atoms with E-state index in [1.54, 1.807) is 0 Å².